The SMILES string of the molecule is Cc1ccc(N=C(Sc2ccc(C)cc2)Sc2ccc(C)cc2)cc1. The van der Waals surface area contributed by atoms with E-state index in [-0.39, 0.29) is 0 Å². The third-order valence-electron chi connectivity index (χ3n) is 3.71. The average molecular weight is 364 g/mol. The van der Waals surface area contributed by atoms with Crippen LogP contribution in [-0.4, -0.2) is 4.38 Å². The maximum atomic E-state index is 4.88. The van der Waals surface area contributed by atoms with E-state index >= 15 is 0 Å². The monoisotopic (exact) mass is 363 g/mol. The number of hydrogen-bond donors (Lipinski definition) is 0. The molecule has 0 atom stereocenters. The molecule has 25 heavy (non-hydrogen) atoms. The van der Waals surface area contributed by atoms with Gasteiger partial charge in [0.05, 0.1) is 5.69 Å². The van der Waals surface area contributed by atoms with Gasteiger partial charge >= 0.3 is 0 Å². The quantitative estimate of drug-likeness (QED) is 0.277. The van der Waals surface area contributed by atoms with Gasteiger partial charge in [0.2, 0.25) is 0 Å². The lowest BCUT2D eigenvalue weighted by atomic mass is 10.2. The lowest BCUT2D eigenvalue weighted by Gasteiger charge is -2.07. The first-order chi connectivity index (χ1) is 12.1. The van der Waals surface area contributed by atoms with Gasteiger partial charge in [-0.3, -0.25) is 0 Å². The van der Waals surface area contributed by atoms with Crippen LogP contribution in [0, 0.1) is 20.8 Å². The second-order valence-electron chi connectivity index (χ2n) is 6.04. The van der Waals surface area contributed by atoms with Crippen LogP contribution >= 0.6 is 23.5 Å². The Hall–Kier alpha value is -1.97. The Kier molecular flexibility index (Phi) is 6.00. The highest BCUT2D eigenvalue weighted by molar-refractivity contribution is 8.39. The maximum absolute atomic E-state index is 4.88. The molecule has 3 aromatic carbocycles. The number of hydrogen-bond acceptors (Lipinski definition) is 3. The Morgan fingerprint density at radius 2 is 0.920 bits per heavy atom. The van der Waals surface area contributed by atoms with Crippen molar-refractivity contribution < 1.29 is 0 Å². The van der Waals surface area contributed by atoms with Crippen LogP contribution in [0.25, 0.3) is 0 Å². The van der Waals surface area contributed by atoms with Gasteiger partial charge in [-0.2, -0.15) is 0 Å². The molecule has 0 radical (unpaired) electrons. The van der Waals surface area contributed by atoms with Crippen LogP contribution in [0.4, 0.5) is 5.69 Å². The zero-order chi connectivity index (χ0) is 17.6. The molecule has 0 unspecified atom stereocenters. The highest BCUT2D eigenvalue weighted by atomic mass is 32.2. The van der Waals surface area contributed by atoms with Gasteiger partial charge in [-0.1, -0.05) is 76.6 Å². The number of rotatable bonds is 3. The predicted molar refractivity (Wildman–Crippen MR) is 112 cm³/mol. The Labute approximate surface area is 158 Å². The molecule has 1 nitrogen and oxygen atoms in total. The van der Waals surface area contributed by atoms with Crippen molar-refractivity contribution in [1.82, 2.24) is 0 Å². The van der Waals surface area contributed by atoms with E-state index in [0.717, 1.165) is 10.1 Å². The molecule has 0 aliphatic rings. The molecule has 126 valence electrons. The Balaban J connectivity index is 1.87. The third-order valence-corrected chi connectivity index (χ3v) is 5.75. The summed E-state index contributed by atoms with van der Waals surface area (Å²) in [5.41, 5.74) is 4.78. The number of aliphatic imine (C=N–C) groups is 1. The van der Waals surface area contributed by atoms with Gasteiger partial charge < -0.3 is 0 Å². The van der Waals surface area contributed by atoms with Crippen LogP contribution in [0.1, 0.15) is 16.7 Å². The molecule has 3 aromatic rings. The third kappa shape index (κ3) is 5.52. The molecule has 0 aliphatic carbocycles. The number of aryl methyl sites for hydroxylation is 3. The number of benzene rings is 3. The van der Waals surface area contributed by atoms with Gasteiger partial charge in [0.15, 0.2) is 0 Å². The molecule has 0 fully saturated rings. The fraction of sp³-hybridized carbons (Fsp3) is 0.136. The number of thioether (sulfide) groups is 2. The van der Waals surface area contributed by atoms with Crippen LogP contribution in [0.3, 0.4) is 0 Å². The molecule has 0 N–H and O–H groups in total. The van der Waals surface area contributed by atoms with Gasteiger partial charge in [0.1, 0.15) is 4.38 Å². The Bertz CT molecular complexity index is 799. The highest BCUT2D eigenvalue weighted by Crippen LogP contribution is 2.33. The van der Waals surface area contributed by atoms with Crippen molar-refractivity contribution in [3.05, 3.63) is 89.5 Å². The Morgan fingerprint density at radius 3 is 1.32 bits per heavy atom. The minimum Gasteiger partial charge on any atom is -0.234 e. The summed E-state index contributed by atoms with van der Waals surface area (Å²) in [6.45, 7) is 6.31. The molecule has 0 spiro atoms. The summed E-state index contributed by atoms with van der Waals surface area (Å²) >= 11 is 3.42. The van der Waals surface area contributed by atoms with E-state index in [4.69, 9.17) is 4.99 Å². The first kappa shape index (κ1) is 17.8. The lowest BCUT2D eigenvalue weighted by molar-refractivity contribution is 1.38. The summed E-state index contributed by atoms with van der Waals surface area (Å²) in [7, 11) is 0. The van der Waals surface area contributed by atoms with Crippen LogP contribution < -0.4 is 0 Å². The van der Waals surface area contributed by atoms with Crippen LogP contribution in [0.5, 0.6) is 0 Å². The first-order valence-corrected chi connectivity index (χ1v) is 9.86. The number of nitrogens with zero attached hydrogens (tertiary/aromatic N) is 1. The smallest absolute Gasteiger partial charge is 0.140 e. The van der Waals surface area contributed by atoms with E-state index < -0.39 is 0 Å². The van der Waals surface area contributed by atoms with Crippen LogP contribution in [0.15, 0.2) is 87.6 Å². The lowest BCUT2D eigenvalue weighted by Crippen LogP contribution is -1.87. The van der Waals surface area contributed by atoms with Crippen molar-refractivity contribution in [3.63, 3.8) is 0 Å². The first-order valence-electron chi connectivity index (χ1n) is 8.23. The van der Waals surface area contributed by atoms with E-state index in [9.17, 15) is 0 Å². The van der Waals surface area contributed by atoms with E-state index in [0.29, 0.717) is 0 Å². The summed E-state index contributed by atoms with van der Waals surface area (Å²) in [6, 6.07) is 25.5. The van der Waals surface area contributed by atoms with E-state index in [2.05, 4.69) is 93.6 Å². The minimum atomic E-state index is 0.986. The minimum absolute atomic E-state index is 0.986. The maximum Gasteiger partial charge on any atom is 0.140 e. The second kappa shape index (κ2) is 8.41. The van der Waals surface area contributed by atoms with Crippen molar-refractivity contribution in [2.24, 2.45) is 4.99 Å². The molecule has 0 aromatic heterocycles. The predicted octanol–water partition coefficient (Wildman–Crippen LogP) is 7.18. The van der Waals surface area contributed by atoms with Crippen molar-refractivity contribution in [1.29, 1.82) is 0 Å². The largest absolute Gasteiger partial charge is 0.234 e. The van der Waals surface area contributed by atoms with Gasteiger partial charge in [0.25, 0.3) is 0 Å². The molecule has 0 saturated carbocycles. The standard InChI is InChI=1S/C22H21NS2/c1-16-4-10-19(11-5-16)23-22(24-20-12-6-17(2)7-13-20)25-21-14-8-18(3)9-15-21/h4-15H,1-3H3. The molecule has 0 saturated heterocycles. The Morgan fingerprint density at radius 1 is 0.560 bits per heavy atom. The van der Waals surface area contributed by atoms with E-state index in [1.807, 2.05) is 0 Å². The summed E-state index contributed by atoms with van der Waals surface area (Å²) < 4.78 is 1.02. The molecule has 3 rings (SSSR count). The summed E-state index contributed by atoms with van der Waals surface area (Å²) in [5, 5.41) is 0. The van der Waals surface area contributed by atoms with Gasteiger partial charge in [0, 0.05) is 9.79 Å². The molecule has 3 heteroatoms. The molecule has 0 amide bonds. The van der Waals surface area contributed by atoms with Crippen molar-refractivity contribution in [2.75, 3.05) is 0 Å². The normalized spacial score (nSPS) is 10.5. The summed E-state index contributed by atoms with van der Waals surface area (Å²) in [5.74, 6) is 0. The molecule has 0 bridgehead atoms. The molecule has 0 aliphatic heterocycles. The highest BCUT2D eigenvalue weighted by Gasteiger charge is 2.07. The topological polar surface area (TPSA) is 12.4 Å². The zero-order valence-corrected chi connectivity index (χ0v) is 16.3. The summed E-state index contributed by atoms with van der Waals surface area (Å²) in [6.07, 6.45) is 0. The fourth-order valence-electron chi connectivity index (χ4n) is 2.21. The van der Waals surface area contributed by atoms with Crippen LogP contribution in [0.2, 0.25) is 0 Å². The second-order valence-corrected chi connectivity index (χ2v) is 8.43. The van der Waals surface area contributed by atoms with Crippen molar-refractivity contribution >= 4 is 33.6 Å². The van der Waals surface area contributed by atoms with Crippen molar-refractivity contribution in [3.8, 4) is 0 Å². The van der Waals surface area contributed by atoms with Gasteiger partial charge in [-0.25, -0.2) is 4.99 Å². The summed E-state index contributed by atoms with van der Waals surface area (Å²) in [4.78, 5) is 7.29. The molecular formula is C22H21NS2. The fourth-order valence-corrected chi connectivity index (χ4v) is 4.20. The van der Waals surface area contributed by atoms with Gasteiger partial charge in [-0.15, -0.1) is 0 Å². The molecular weight excluding hydrogens is 342 g/mol. The molecule has 0 heterocycles. The van der Waals surface area contributed by atoms with Crippen LogP contribution in [-0.2, 0) is 0 Å². The zero-order valence-electron chi connectivity index (χ0n) is 14.7. The average Bonchev–Trinajstić information content (AvgIpc) is 2.61. The van der Waals surface area contributed by atoms with E-state index in [1.54, 1.807) is 23.5 Å². The van der Waals surface area contributed by atoms with Gasteiger partial charge in [-0.05, 0) is 57.2 Å². The van der Waals surface area contributed by atoms with Crippen molar-refractivity contribution in [2.45, 2.75) is 30.6 Å². The van der Waals surface area contributed by atoms with E-state index in [1.165, 1.54) is 26.5 Å².